The number of alkyl halides is 3. The molecule has 4 rings (SSSR count). The van der Waals surface area contributed by atoms with Gasteiger partial charge in [-0.05, 0) is 78.0 Å². The van der Waals surface area contributed by atoms with Gasteiger partial charge in [-0.2, -0.15) is 13.2 Å². The number of carbonyl (C=O) groups excluding carboxylic acids is 2. The molecule has 1 atom stereocenters. The Labute approximate surface area is 217 Å². The maximum Gasteiger partial charge on any atom is 0.416 e. The SMILES string of the molecule is CNC(c1cc(F)ccc1Cl)c1c(NC(=O)c2cc(F)cc(C(F)(F)F)c2)cc2ccc(F)cc2c1C=O. The van der Waals surface area contributed by atoms with Crippen LogP contribution in [0.1, 0.15) is 43.4 Å². The average Bonchev–Trinajstić information content (AvgIpc) is 2.85. The van der Waals surface area contributed by atoms with Crippen molar-refractivity contribution in [2.24, 2.45) is 0 Å². The molecule has 0 aliphatic rings. The number of hydrogen-bond donors (Lipinski definition) is 2. The Bertz CT molecular complexity index is 1570. The third kappa shape index (κ3) is 5.36. The second-order valence-electron chi connectivity index (χ2n) is 8.30. The van der Waals surface area contributed by atoms with Crippen LogP contribution in [-0.4, -0.2) is 19.2 Å². The molecule has 0 fully saturated rings. The Hall–Kier alpha value is -3.89. The van der Waals surface area contributed by atoms with E-state index in [0.29, 0.717) is 23.8 Å². The van der Waals surface area contributed by atoms with Gasteiger partial charge < -0.3 is 10.6 Å². The second kappa shape index (κ2) is 10.5. The Morgan fingerprint density at radius 2 is 1.61 bits per heavy atom. The topological polar surface area (TPSA) is 58.2 Å². The lowest BCUT2D eigenvalue weighted by Gasteiger charge is -2.25. The molecule has 196 valence electrons. The van der Waals surface area contributed by atoms with Gasteiger partial charge in [-0.3, -0.25) is 9.59 Å². The van der Waals surface area contributed by atoms with Crippen molar-refractivity contribution in [2.75, 3.05) is 12.4 Å². The van der Waals surface area contributed by atoms with Crippen LogP contribution in [0.3, 0.4) is 0 Å². The van der Waals surface area contributed by atoms with E-state index in [2.05, 4.69) is 10.6 Å². The van der Waals surface area contributed by atoms with E-state index < -0.39 is 46.7 Å². The van der Waals surface area contributed by atoms with E-state index in [1.807, 2.05) is 0 Å². The molecule has 0 aliphatic carbocycles. The molecule has 4 aromatic rings. The molecule has 0 saturated heterocycles. The van der Waals surface area contributed by atoms with Crippen molar-refractivity contribution in [1.82, 2.24) is 5.32 Å². The van der Waals surface area contributed by atoms with Crippen LogP contribution < -0.4 is 10.6 Å². The summed E-state index contributed by atoms with van der Waals surface area (Å²) >= 11 is 6.30. The van der Waals surface area contributed by atoms with Crippen LogP contribution in [0, 0.1) is 17.5 Å². The van der Waals surface area contributed by atoms with E-state index >= 15 is 0 Å². The molecule has 11 heteroatoms. The van der Waals surface area contributed by atoms with Crippen LogP contribution >= 0.6 is 11.6 Å². The third-order valence-electron chi connectivity index (χ3n) is 5.89. The number of anilines is 1. The minimum Gasteiger partial charge on any atom is -0.322 e. The second-order valence-corrected chi connectivity index (χ2v) is 8.71. The minimum absolute atomic E-state index is 0.0360. The summed E-state index contributed by atoms with van der Waals surface area (Å²) in [5.74, 6) is -3.72. The van der Waals surface area contributed by atoms with Crippen molar-refractivity contribution in [1.29, 1.82) is 0 Å². The van der Waals surface area contributed by atoms with Gasteiger partial charge in [0, 0.05) is 27.4 Å². The monoisotopic (exact) mass is 550 g/mol. The molecule has 38 heavy (non-hydrogen) atoms. The number of benzene rings is 4. The fourth-order valence-corrected chi connectivity index (χ4v) is 4.45. The first-order valence-corrected chi connectivity index (χ1v) is 11.3. The summed E-state index contributed by atoms with van der Waals surface area (Å²) in [6.07, 6.45) is -4.50. The maximum atomic E-state index is 14.1. The van der Waals surface area contributed by atoms with Crippen molar-refractivity contribution in [3.63, 3.8) is 0 Å². The molecular formula is C27H17ClF6N2O2. The van der Waals surface area contributed by atoms with Gasteiger partial charge in [0.1, 0.15) is 17.5 Å². The van der Waals surface area contributed by atoms with Gasteiger partial charge >= 0.3 is 6.18 Å². The molecule has 2 N–H and O–H groups in total. The molecule has 0 bridgehead atoms. The highest BCUT2D eigenvalue weighted by atomic mass is 35.5. The quantitative estimate of drug-likeness (QED) is 0.196. The van der Waals surface area contributed by atoms with Crippen molar-refractivity contribution in [2.45, 2.75) is 12.2 Å². The Balaban J connectivity index is 1.95. The molecule has 0 spiro atoms. The smallest absolute Gasteiger partial charge is 0.322 e. The lowest BCUT2D eigenvalue weighted by atomic mass is 9.89. The summed E-state index contributed by atoms with van der Waals surface area (Å²) in [7, 11) is 1.46. The predicted octanol–water partition coefficient (Wildman–Crippen LogP) is 7.30. The van der Waals surface area contributed by atoms with E-state index in [9.17, 15) is 35.9 Å². The van der Waals surface area contributed by atoms with Gasteiger partial charge in [0.25, 0.3) is 5.91 Å². The number of rotatable bonds is 6. The van der Waals surface area contributed by atoms with Gasteiger partial charge in [0.2, 0.25) is 0 Å². The van der Waals surface area contributed by atoms with Crippen LogP contribution in [0.2, 0.25) is 5.02 Å². The number of nitrogens with one attached hydrogen (secondary N) is 2. The van der Waals surface area contributed by atoms with Crippen LogP contribution in [0.25, 0.3) is 10.8 Å². The summed E-state index contributed by atoms with van der Waals surface area (Å²) < 4.78 is 81.8. The van der Waals surface area contributed by atoms with Crippen LogP contribution in [0.5, 0.6) is 0 Å². The lowest BCUT2D eigenvalue weighted by Crippen LogP contribution is -2.23. The van der Waals surface area contributed by atoms with Crippen LogP contribution in [-0.2, 0) is 6.18 Å². The van der Waals surface area contributed by atoms with Gasteiger partial charge in [-0.15, -0.1) is 0 Å². The summed E-state index contributed by atoms with van der Waals surface area (Å²) in [5.41, 5.74) is -1.98. The van der Waals surface area contributed by atoms with E-state index in [0.717, 1.165) is 24.3 Å². The van der Waals surface area contributed by atoms with E-state index in [1.54, 1.807) is 0 Å². The van der Waals surface area contributed by atoms with Crippen molar-refractivity contribution < 1.29 is 35.9 Å². The number of halogens is 7. The molecule has 0 heterocycles. The Kier molecular flexibility index (Phi) is 7.48. The third-order valence-corrected chi connectivity index (χ3v) is 6.23. The van der Waals surface area contributed by atoms with Gasteiger partial charge in [0.05, 0.1) is 11.6 Å². The number of fused-ring (bicyclic) bond motifs is 1. The molecule has 4 nitrogen and oxygen atoms in total. The summed E-state index contributed by atoms with van der Waals surface area (Å²) in [6, 6.07) is 8.72. The van der Waals surface area contributed by atoms with Gasteiger partial charge in [0.15, 0.2) is 6.29 Å². The molecular weight excluding hydrogens is 534 g/mol. The van der Waals surface area contributed by atoms with Crippen LogP contribution in [0.15, 0.2) is 60.7 Å². The molecule has 1 amide bonds. The fraction of sp³-hybridized carbons (Fsp3) is 0.111. The first kappa shape index (κ1) is 27.2. The minimum atomic E-state index is -4.91. The first-order chi connectivity index (χ1) is 17.9. The summed E-state index contributed by atoms with van der Waals surface area (Å²) in [6.45, 7) is 0. The average molecular weight is 551 g/mol. The number of aldehydes is 1. The molecule has 0 aromatic heterocycles. The normalized spacial score (nSPS) is 12.4. The molecule has 0 radical (unpaired) electrons. The molecule has 0 saturated carbocycles. The van der Waals surface area contributed by atoms with Crippen molar-refractivity contribution in [3.05, 3.63) is 111 Å². The highest BCUT2D eigenvalue weighted by Crippen LogP contribution is 2.39. The number of carbonyl (C=O) groups is 2. The lowest BCUT2D eigenvalue weighted by molar-refractivity contribution is -0.137. The first-order valence-electron chi connectivity index (χ1n) is 11.0. The fourth-order valence-electron chi connectivity index (χ4n) is 4.22. The highest BCUT2D eigenvalue weighted by molar-refractivity contribution is 6.31. The standard InChI is InChI=1S/C27H17ClF6N2O2/c1-35-25(20-11-17(30)4-5-22(20)28)24-21(12-37)19-10-16(29)3-2-13(19)8-23(24)36-26(38)14-6-15(27(32,33)34)9-18(31)7-14/h2-12,25,35H,1H3,(H,36,38). The van der Waals surface area contributed by atoms with Crippen molar-refractivity contribution in [3.8, 4) is 0 Å². The van der Waals surface area contributed by atoms with Crippen molar-refractivity contribution >= 4 is 40.3 Å². The highest BCUT2D eigenvalue weighted by Gasteiger charge is 2.32. The largest absolute Gasteiger partial charge is 0.416 e. The predicted molar refractivity (Wildman–Crippen MR) is 131 cm³/mol. The Morgan fingerprint density at radius 1 is 0.921 bits per heavy atom. The zero-order valence-electron chi connectivity index (χ0n) is 19.4. The van der Waals surface area contributed by atoms with E-state index in [4.69, 9.17) is 11.6 Å². The summed E-state index contributed by atoms with van der Waals surface area (Å²) in [4.78, 5) is 25.4. The zero-order chi connectivity index (χ0) is 27.8. The van der Waals surface area contributed by atoms with Crippen LogP contribution in [0.4, 0.5) is 32.0 Å². The van der Waals surface area contributed by atoms with E-state index in [1.165, 1.54) is 25.2 Å². The Morgan fingerprint density at radius 3 is 2.26 bits per heavy atom. The van der Waals surface area contributed by atoms with E-state index in [-0.39, 0.29) is 38.9 Å². The summed E-state index contributed by atoms with van der Waals surface area (Å²) in [5, 5.41) is 5.88. The number of amides is 1. The number of hydrogen-bond acceptors (Lipinski definition) is 3. The van der Waals surface area contributed by atoms with Gasteiger partial charge in [-0.25, -0.2) is 13.2 Å². The molecule has 1 unspecified atom stereocenters. The maximum absolute atomic E-state index is 14.1. The molecule has 4 aromatic carbocycles. The molecule has 0 aliphatic heterocycles. The zero-order valence-corrected chi connectivity index (χ0v) is 20.1. The van der Waals surface area contributed by atoms with Gasteiger partial charge in [-0.1, -0.05) is 17.7 Å².